The molecule has 1 aliphatic heterocycles. The second kappa shape index (κ2) is 7.95. The predicted octanol–water partition coefficient (Wildman–Crippen LogP) is 3.14. The van der Waals surface area contributed by atoms with Crippen LogP contribution in [-0.2, 0) is 6.42 Å². The highest BCUT2D eigenvalue weighted by Crippen LogP contribution is 2.11. The lowest BCUT2D eigenvalue weighted by molar-refractivity contribution is 0.104. The predicted molar refractivity (Wildman–Crippen MR) is 92.1 cm³/mol. The summed E-state index contributed by atoms with van der Waals surface area (Å²) in [5, 5.41) is 0. The van der Waals surface area contributed by atoms with Gasteiger partial charge in [-0.25, -0.2) is 0 Å². The lowest BCUT2D eigenvalue weighted by atomic mass is 10.0. The average Bonchev–Trinajstić information content (AvgIpc) is 2.54. The second-order valence-electron chi connectivity index (χ2n) is 5.93. The first-order chi connectivity index (χ1) is 10.6. The summed E-state index contributed by atoms with van der Waals surface area (Å²) < 4.78 is 0. The summed E-state index contributed by atoms with van der Waals surface area (Å²) in [7, 11) is 2.13. The van der Waals surface area contributed by atoms with Crippen LogP contribution in [-0.4, -0.2) is 48.8 Å². The van der Waals surface area contributed by atoms with E-state index in [0.717, 1.165) is 50.3 Å². The summed E-state index contributed by atoms with van der Waals surface area (Å²) in [6.45, 7) is 10.3. The molecule has 0 aliphatic carbocycles. The van der Waals surface area contributed by atoms with E-state index < -0.39 is 0 Å². The number of ketones is 1. The first-order valence-corrected chi connectivity index (χ1v) is 8.04. The minimum Gasteiger partial charge on any atom is -0.369 e. The molecule has 0 spiro atoms. The molecule has 1 aromatic rings. The molecular formula is C19H26N2O. The standard InChI is InChI=1S/C19H26N2O/c1-4-5-17-7-9-18(10-8-17)19(22)11-6-16(2)21-14-12-20(3)13-15-21/h6-11H,2,4-5,12-15H2,1,3H3/b11-6+. The van der Waals surface area contributed by atoms with Gasteiger partial charge in [0.2, 0.25) is 0 Å². The fourth-order valence-corrected chi connectivity index (χ4v) is 2.59. The smallest absolute Gasteiger partial charge is 0.185 e. The highest BCUT2D eigenvalue weighted by Gasteiger charge is 2.13. The molecule has 118 valence electrons. The van der Waals surface area contributed by atoms with Gasteiger partial charge in [-0.1, -0.05) is 44.2 Å². The summed E-state index contributed by atoms with van der Waals surface area (Å²) in [4.78, 5) is 16.7. The molecule has 0 aromatic heterocycles. The number of carbonyl (C=O) groups is 1. The zero-order valence-corrected chi connectivity index (χ0v) is 13.7. The SMILES string of the molecule is C=C(/C=C/C(=O)c1ccc(CCC)cc1)N1CCN(C)CC1. The number of allylic oxidation sites excluding steroid dienone is 2. The van der Waals surface area contributed by atoms with Crippen molar-refractivity contribution in [1.82, 2.24) is 9.80 Å². The van der Waals surface area contributed by atoms with E-state index >= 15 is 0 Å². The van der Waals surface area contributed by atoms with Crippen LogP contribution in [0.25, 0.3) is 0 Å². The Morgan fingerprint density at radius 2 is 1.77 bits per heavy atom. The number of benzene rings is 1. The molecule has 3 nitrogen and oxygen atoms in total. The van der Waals surface area contributed by atoms with Gasteiger partial charge in [0.25, 0.3) is 0 Å². The van der Waals surface area contributed by atoms with Crippen LogP contribution < -0.4 is 0 Å². The number of piperazine rings is 1. The quantitative estimate of drug-likeness (QED) is 0.458. The molecule has 0 N–H and O–H groups in total. The molecule has 1 aliphatic rings. The Bertz CT molecular complexity index is 537. The van der Waals surface area contributed by atoms with E-state index in [0.29, 0.717) is 0 Å². The number of rotatable bonds is 6. The van der Waals surface area contributed by atoms with Crippen molar-refractivity contribution in [1.29, 1.82) is 0 Å². The van der Waals surface area contributed by atoms with Crippen LogP contribution in [0.1, 0.15) is 29.3 Å². The molecule has 0 amide bonds. The Balaban J connectivity index is 1.91. The van der Waals surface area contributed by atoms with Gasteiger partial charge in [0.05, 0.1) is 0 Å². The molecule has 0 unspecified atom stereocenters. The van der Waals surface area contributed by atoms with Gasteiger partial charge in [-0.3, -0.25) is 4.79 Å². The van der Waals surface area contributed by atoms with Crippen LogP contribution in [0.2, 0.25) is 0 Å². The molecule has 2 rings (SSSR count). The van der Waals surface area contributed by atoms with E-state index in [1.165, 1.54) is 5.56 Å². The van der Waals surface area contributed by atoms with Crippen LogP contribution in [0.3, 0.4) is 0 Å². The minimum absolute atomic E-state index is 0.0401. The van der Waals surface area contributed by atoms with Gasteiger partial charge >= 0.3 is 0 Å². The Labute approximate surface area is 133 Å². The van der Waals surface area contributed by atoms with Crippen molar-refractivity contribution < 1.29 is 4.79 Å². The zero-order chi connectivity index (χ0) is 15.9. The van der Waals surface area contributed by atoms with Crippen molar-refractivity contribution in [3.05, 3.63) is 59.8 Å². The minimum atomic E-state index is 0.0401. The fourth-order valence-electron chi connectivity index (χ4n) is 2.59. The number of nitrogens with zero attached hydrogens (tertiary/aromatic N) is 2. The zero-order valence-electron chi connectivity index (χ0n) is 13.7. The van der Waals surface area contributed by atoms with Crippen molar-refractivity contribution in [2.75, 3.05) is 33.2 Å². The molecule has 22 heavy (non-hydrogen) atoms. The molecule has 0 bridgehead atoms. The van der Waals surface area contributed by atoms with E-state index in [-0.39, 0.29) is 5.78 Å². The van der Waals surface area contributed by atoms with Gasteiger partial charge < -0.3 is 9.80 Å². The van der Waals surface area contributed by atoms with Crippen molar-refractivity contribution in [2.24, 2.45) is 0 Å². The third kappa shape index (κ3) is 4.57. The normalized spacial score (nSPS) is 16.2. The maximum absolute atomic E-state index is 12.2. The van der Waals surface area contributed by atoms with Gasteiger partial charge in [0.15, 0.2) is 5.78 Å². The molecule has 1 heterocycles. The lowest BCUT2D eigenvalue weighted by Crippen LogP contribution is -2.43. The summed E-state index contributed by atoms with van der Waals surface area (Å²) in [5.41, 5.74) is 2.94. The van der Waals surface area contributed by atoms with Crippen molar-refractivity contribution in [3.63, 3.8) is 0 Å². The molecule has 1 saturated heterocycles. The molecular weight excluding hydrogens is 272 g/mol. The van der Waals surface area contributed by atoms with Gasteiger partial charge in [-0.15, -0.1) is 0 Å². The topological polar surface area (TPSA) is 23.6 Å². The van der Waals surface area contributed by atoms with Crippen LogP contribution in [0.4, 0.5) is 0 Å². The lowest BCUT2D eigenvalue weighted by Gasteiger charge is -2.34. The Hall–Kier alpha value is -1.87. The average molecular weight is 298 g/mol. The van der Waals surface area contributed by atoms with Gasteiger partial charge in [0, 0.05) is 37.4 Å². The third-order valence-corrected chi connectivity index (χ3v) is 4.11. The molecule has 1 fully saturated rings. The first kappa shape index (κ1) is 16.5. The van der Waals surface area contributed by atoms with E-state index in [2.05, 4.69) is 30.4 Å². The van der Waals surface area contributed by atoms with E-state index in [1.54, 1.807) is 6.08 Å². The third-order valence-electron chi connectivity index (χ3n) is 4.11. The molecule has 3 heteroatoms. The van der Waals surface area contributed by atoms with Crippen LogP contribution in [0, 0.1) is 0 Å². The van der Waals surface area contributed by atoms with E-state index in [1.807, 2.05) is 30.3 Å². The highest BCUT2D eigenvalue weighted by molar-refractivity contribution is 6.04. The Morgan fingerprint density at radius 3 is 2.36 bits per heavy atom. The second-order valence-corrected chi connectivity index (χ2v) is 5.93. The fraction of sp³-hybridized carbons (Fsp3) is 0.421. The van der Waals surface area contributed by atoms with Crippen molar-refractivity contribution in [3.8, 4) is 0 Å². The summed E-state index contributed by atoms with van der Waals surface area (Å²) >= 11 is 0. The van der Waals surface area contributed by atoms with Crippen LogP contribution in [0.5, 0.6) is 0 Å². The molecule has 0 radical (unpaired) electrons. The van der Waals surface area contributed by atoms with E-state index in [4.69, 9.17) is 0 Å². The van der Waals surface area contributed by atoms with Crippen LogP contribution >= 0.6 is 0 Å². The number of aryl methyl sites for hydroxylation is 1. The van der Waals surface area contributed by atoms with Crippen molar-refractivity contribution >= 4 is 5.78 Å². The summed E-state index contributed by atoms with van der Waals surface area (Å²) in [6.07, 6.45) is 5.66. The summed E-state index contributed by atoms with van der Waals surface area (Å²) in [5.74, 6) is 0.0401. The molecule has 1 aromatic carbocycles. The van der Waals surface area contributed by atoms with Crippen molar-refractivity contribution in [2.45, 2.75) is 19.8 Å². The number of carbonyl (C=O) groups excluding carboxylic acids is 1. The maximum atomic E-state index is 12.2. The number of hydrogen-bond acceptors (Lipinski definition) is 3. The van der Waals surface area contributed by atoms with Gasteiger partial charge in [0.1, 0.15) is 0 Å². The van der Waals surface area contributed by atoms with Gasteiger partial charge in [-0.2, -0.15) is 0 Å². The number of likely N-dealkylation sites (N-methyl/N-ethyl adjacent to an activating group) is 1. The Morgan fingerprint density at radius 1 is 1.14 bits per heavy atom. The maximum Gasteiger partial charge on any atom is 0.185 e. The largest absolute Gasteiger partial charge is 0.369 e. The summed E-state index contributed by atoms with van der Waals surface area (Å²) in [6, 6.07) is 7.91. The van der Waals surface area contributed by atoms with E-state index in [9.17, 15) is 4.79 Å². The Kier molecular flexibility index (Phi) is 5.96. The van der Waals surface area contributed by atoms with Crippen LogP contribution in [0.15, 0.2) is 48.7 Å². The monoisotopic (exact) mass is 298 g/mol. The molecule has 0 saturated carbocycles. The first-order valence-electron chi connectivity index (χ1n) is 8.04. The highest BCUT2D eigenvalue weighted by atomic mass is 16.1. The number of hydrogen-bond donors (Lipinski definition) is 0. The molecule has 0 atom stereocenters. The van der Waals surface area contributed by atoms with Gasteiger partial charge in [-0.05, 0) is 31.2 Å².